The molecule has 2 aliphatic heterocycles. The van der Waals surface area contributed by atoms with Crippen molar-refractivity contribution in [1.82, 2.24) is 13.5 Å². The molecular weight excluding hydrogens is 414 g/mol. The monoisotopic (exact) mass is 443 g/mol. The zero-order chi connectivity index (χ0) is 21.2. The van der Waals surface area contributed by atoms with Crippen molar-refractivity contribution in [3.05, 3.63) is 29.8 Å². The Hall–Kier alpha value is -1.49. The number of hydrogen-bond acceptors (Lipinski definition) is 5. The van der Waals surface area contributed by atoms with Crippen molar-refractivity contribution in [2.75, 3.05) is 45.0 Å². The predicted octanol–water partition coefficient (Wildman–Crippen LogP) is 0.890. The summed E-state index contributed by atoms with van der Waals surface area (Å²) in [4.78, 5) is 14.8. The van der Waals surface area contributed by atoms with E-state index < -0.39 is 20.0 Å². The quantitative estimate of drug-likeness (QED) is 0.674. The van der Waals surface area contributed by atoms with Crippen molar-refractivity contribution in [3.63, 3.8) is 0 Å². The van der Waals surface area contributed by atoms with Gasteiger partial charge >= 0.3 is 0 Å². The Bertz CT molecular complexity index is 929. The number of rotatable bonds is 5. The van der Waals surface area contributed by atoms with Crippen molar-refractivity contribution < 1.29 is 21.6 Å². The summed E-state index contributed by atoms with van der Waals surface area (Å²) in [5.74, 6) is -0.118. The van der Waals surface area contributed by atoms with E-state index in [2.05, 4.69) is 0 Å². The highest BCUT2D eigenvalue weighted by molar-refractivity contribution is 7.89. The predicted molar refractivity (Wildman–Crippen MR) is 110 cm³/mol. The van der Waals surface area contributed by atoms with Crippen LogP contribution in [0.1, 0.15) is 25.3 Å². The molecule has 0 saturated carbocycles. The van der Waals surface area contributed by atoms with Crippen LogP contribution in [-0.2, 0) is 24.8 Å². The van der Waals surface area contributed by atoms with E-state index in [1.165, 1.54) is 8.61 Å². The zero-order valence-corrected chi connectivity index (χ0v) is 18.6. The highest BCUT2D eigenvalue weighted by atomic mass is 32.2. The number of aryl methyl sites for hydroxylation is 1. The second-order valence-electron chi connectivity index (χ2n) is 7.62. The maximum absolute atomic E-state index is 12.8. The lowest BCUT2D eigenvalue weighted by Gasteiger charge is -2.37. The number of amides is 1. The molecule has 2 aliphatic rings. The van der Waals surface area contributed by atoms with Crippen LogP contribution in [0.4, 0.5) is 0 Å². The Morgan fingerprint density at radius 3 is 1.97 bits per heavy atom. The summed E-state index contributed by atoms with van der Waals surface area (Å²) >= 11 is 0. The van der Waals surface area contributed by atoms with Crippen molar-refractivity contribution >= 4 is 26.0 Å². The smallest absolute Gasteiger partial charge is 0.243 e. The molecule has 2 fully saturated rings. The summed E-state index contributed by atoms with van der Waals surface area (Å²) < 4.78 is 52.4. The molecule has 0 N–H and O–H groups in total. The molecule has 2 heterocycles. The highest BCUT2D eigenvalue weighted by Crippen LogP contribution is 2.24. The zero-order valence-electron chi connectivity index (χ0n) is 17.0. The lowest BCUT2D eigenvalue weighted by molar-refractivity contribution is -0.137. The second-order valence-corrected chi connectivity index (χ2v) is 11.8. The van der Waals surface area contributed by atoms with Gasteiger partial charge in [0.05, 0.1) is 10.6 Å². The number of hydrogen-bond donors (Lipinski definition) is 0. The molecule has 2 saturated heterocycles. The van der Waals surface area contributed by atoms with Crippen molar-refractivity contribution in [3.8, 4) is 0 Å². The topological polar surface area (TPSA) is 95.1 Å². The van der Waals surface area contributed by atoms with Crippen molar-refractivity contribution in [1.29, 1.82) is 0 Å². The van der Waals surface area contributed by atoms with Gasteiger partial charge in [-0.1, -0.05) is 17.7 Å². The Morgan fingerprint density at radius 2 is 1.45 bits per heavy atom. The third kappa shape index (κ3) is 4.82. The van der Waals surface area contributed by atoms with E-state index in [0.717, 1.165) is 5.56 Å². The van der Waals surface area contributed by atoms with Crippen molar-refractivity contribution in [2.24, 2.45) is 5.92 Å². The molecule has 0 spiro atoms. The molecule has 1 amide bonds. The van der Waals surface area contributed by atoms with Crippen LogP contribution in [0.2, 0.25) is 0 Å². The van der Waals surface area contributed by atoms with Gasteiger partial charge in [0.15, 0.2) is 0 Å². The molecule has 0 atom stereocenters. The summed E-state index contributed by atoms with van der Waals surface area (Å²) in [6.07, 6.45) is 1.03. The van der Waals surface area contributed by atoms with Crippen LogP contribution >= 0.6 is 0 Å². The molecular formula is C19H29N3O5S2. The van der Waals surface area contributed by atoms with Crippen LogP contribution in [0, 0.1) is 12.8 Å². The average Bonchev–Trinajstić information content (AvgIpc) is 2.73. The molecule has 1 aromatic rings. The van der Waals surface area contributed by atoms with Gasteiger partial charge in [-0.3, -0.25) is 4.79 Å². The van der Waals surface area contributed by atoms with E-state index in [1.807, 2.05) is 6.92 Å². The highest BCUT2D eigenvalue weighted by Gasteiger charge is 2.35. The normalized spacial score (nSPS) is 20.7. The summed E-state index contributed by atoms with van der Waals surface area (Å²) in [6.45, 7) is 5.52. The van der Waals surface area contributed by atoms with Crippen LogP contribution in [0.15, 0.2) is 29.2 Å². The minimum absolute atomic E-state index is 0.00549. The first-order chi connectivity index (χ1) is 13.6. The fourth-order valence-electron chi connectivity index (χ4n) is 3.83. The molecule has 8 nitrogen and oxygen atoms in total. The molecule has 0 radical (unpaired) electrons. The number of carbonyl (C=O) groups excluding carboxylic acids is 1. The molecule has 10 heteroatoms. The first kappa shape index (κ1) is 22.2. The first-order valence-electron chi connectivity index (χ1n) is 9.98. The van der Waals surface area contributed by atoms with E-state index in [1.54, 1.807) is 36.1 Å². The number of piperidine rings is 1. The standard InChI is InChI=1S/C19H29N3O5S2/c1-3-28(24,25)21-10-8-17(9-11-21)19(23)20-12-14-22(15-13-20)29(26,27)18-6-4-16(2)5-7-18/h4-7,17H,3,8-15H2,1-2H3. The number of carbonyl (C=O) groups is 1. The number of piperazine rings is 1. The number of benzene rings is 1. The lowest BCUT2D eigenvalue weighted by atomic mass is 9.96. The molecule has 29 heavy (non-hydrogen) atoms. The molecule has 3 rings (SSSR count). The van der Waals surface area contributed by atoms with Gasteiger partial charge < -0.3 is 4.90 Å². The van der Waals surface area contributed by atoms with Gasteiger partial charge in [0.25, 0.3) is 0 Å². The van der Waals surface area contributed by atoms with Crippen LogP contribution in [-0.4, -0.2) is 81.3 Å². The third-order valence-corrected chi connectivity index (χ3v) is 9.56. The van der Waals surface area contributed by atoms with Crippen LogP contribution in [0.3, 0.4) is 0 Å². The van der Waals surface area contributed by atoms with E-state index in [0.29, 0.717) is 39.0 Å². The van der Waals surface area contributed by atoms with Gasteiger partial charge in [-0.15, -0.1) is 0 Å². The minimum atomic E-state index is -3.56. The van der Waals surface area contributed by atoms with Gasteiger partial charge in [0, 0.05) is 45.2 Å². The largest absolute Gasteiger partial charge is 0.340 e. The Labute approximate surface area is 173 Å². The van der Waals surface area contributed by atoms with Gasteiger partial charge in [0.2, 0.25) is 26.0 Å². The number of nitrogens with zero attached hydrogens (tertiary/aromatic N) is 3. The summed E-state index contributed by atoms with van der Waals surface area (Å²) in [5.41, 5.74) is 0.997. The van der Waals surface area contributed by atoms with Crippen molar-refractivity contribution in [2.45, 2.75) is 31.6 Å². The molecule has 0 unspecified atom stereocenters. The number of sulfonamides is 2. The van der Waals surface area contributed by atoms with E-state index in [4.69, 9.17) is 0 Å². The van der Waals surface area contributed by atoms with E-state index in [-0.39, 0.29) is 35.6 Å². The summed E-state index contributed by atoms with van der Waals surface area (Å²) in [6, 6.07) is 6.77. The Morgan fingerprint density at radius 1 is 0.897 bits per heavy atom. The maximum atomic E-state index is 12.8. The summed E-state index contributed by atoms with van der Waals surface area (Å²) in [7, 11) is -6.77. The van der Waals surface area contributed by atoms with Crippen LogP contribution in [0.5, 0.6) is 0 Å². The molecule has 1 aromatic carbocycles. The van der Waals surface area contributed by atoms with Crippen LogP contribution < -0.4 is 0 Å². The van der Waals surface area contributed by atoms with Gasteiger partial charge in [0.1, 0.15) is 0 Å². The molecule has 162 valence electrons. The van der Waals surface area contributed by atoms with E-state index >= 15 is 0 Å². The minimum Gasteiger partial charge on any atom is -0.340 e. The van der Waals surface area contributed by atoms with Gasteiger partial charge in [-0.05, 0) is 38.8 Å². The fourth-order valence-corrected chi connectivity index (χ4v) is 6.38. The first-order valence-corrected chi connectivity index (χ1v) is 13.0. The average molecular weight is 444 g/mol. The van der Waals surface area contributed by atoms with Gasteiger partial charge in [-0.2, -0.15) is 4.31 Å². The molecule has 0 aliphatic carbocycles. The third-order valence-electron chi connectivity index (χ3n) is 5.77. The SMILES string of the molecule is CCS(=O)(=O)N1CCC(C(=O)N2CCN(S(=O)(=O)c3ccc(C)cc3)CC2)CC1. The van der Waals surface area contributed by atoms with Crippen LogP contribution in [0.25, 0.3) is 0 Å². The summed E-state index contributed by atoms with van der Waals surface area (Å²) in [5, 5.41) is 0. The second kappa shape index (κ2) is 8.71. The molecule has 0 aromatic heterocycles. The maximum Gasteiger partial charge on any atom is 0.243 e. The Balaban J connectivity index is 1.55. The lowest BCUT2D eigenvalue weighted by Crippen LogP contribution is -2.53. The van der Waals surface area contributed by atoms with E-state index in [9.17, 15) is 21.6 Å². The Kier molecular flexibility index (Phi) is 6.67. The fraction of sp³-hybridized carbons (Fsp3) is 0.632. The molecule has 0 bridgehead atoms. The van der Waals surface area contributed by atoms with Gasteiger partial charge in [-0.25, -0.2) is 21.1 Å².